The first-order valence-corrected chi connectivity index (χ1v) is 45.5. The largest absolute Gasteiger partial charge is 0.453 e. The smallest absolute Gasteiger partial charge is 0.166 e. The number of carbonyl (C=O) groups excluding carboxylic acids is 3. The molecule has 0 atom stereocenters. The zero-order chi connectivity index (χ0) is 88.8. The predicted octanol–water partition coefficient (Wildman–Crippen LogP) is 23.0. The Kier molecular flexibility index (Phi) is 31.7. The van der Waals surface area contributed by atoms with Gasteiger partial charge in [-0.15, -0.1) is 34.0 Å². The Morgan fingerprint density at radius 1 is 0.394 bits per heavy atom. The number of carbonyl (C=O) groups is 3. The monoisotopic (exact) mass is 1800 g/mol. The number of nitrogens with one attached hydrogen (secondary N) is 3. The maximum absolute atomic E-state index is 15.3. The van der Waals surface area contributed by atoms with Crippen LogP contribution < -0.4 is 30.2 Å². The van der Waals surface area contributed by atoms with Crippen molar-refractivity contribution in [2.24, 2.45) is 5.41 Å². The van der Waals surface area contributed by atoms with Crippen LogP contribution in [0.2, 0.25) is 0 Å². The molecule has 3 N–H and O–H groups in total. The van der Waals surface area contributed by atoms with Crippen LogP contribution in [0, 0.1) is 41.4 Å². The highest BCUT2D eigenvalue weighted by Crippen LogP contribution is 2.50. The number of halogens is 5. The summed E-state index contributed by atoms with van der Waals surface area (Å²) in [6.07, 6.45) is 19.3. The summed E-state index contributed by atoms with van der Waals surface area (Å²) < 4.78 is 97.3. The summed E-state index contributed by atoms with van der Waals surface area (Å²) in [5.41, 5.74) is 11.4. The van der Waals surface area contributed by atoms with Crippen molar-refractivity contribution in [3.8, 4) is 66.2 Å². The van der Waals surface area contributed by atoms with Gasteiger partial charge in [0.2, 0.25) is 0 Å². The van der Waals surface area contributed by atoms with E-state index in [0.717, 1.165) is 173 Å². The second-order valence-corrected chi connectivity index (χ2v) is 35.4. The Morgan fingerprint density at radius 2 is 0.748 bits per heavy atom. The maximum atomic E-state index is 15.3. The van der Waals surface area contributed by atoms with E-state index in [1.807, 2.05) is 74.0 Å². The Hall–Kier alpha value is -11.8. The lowest BCUT2D eigenvalue weighted by Gasteiger charge is -2.14. The molecule has 1 saturated carbocycles. The quantitative estimate of drug-likeness (QED) is 0.0141. The number of hydrogen-bond acceptors (Lipinski definition) is 22. The van der Waals surface area contributed by atoms with Crippen molar-refractivity contribution in [2.45, 2.75) is 124 Å². The highest BCUT2D eigenvalue weighted by Gasteiger charge is 2.54. The number of rotatable bonds is 40. The summed E-state index contributed by atoms with van der Waals surface area (Å²) in [5, 5.41) is 14.2. The minimum absolute atomic E-state index is 0.0290. The summed E-state index contributed by atoms with van der Waals surface area (Å²) in [6.45, 7) is 14.1. The Bertz CT molecular complexity index is 6340. The summed E-state index contributed by atoms with van der Waals surface area (Å²) in [4.78, 5) is 70.1. The van der Waals surface area contributed by atoms with Crippen molar-refractivity contribution in [3.05, 3.63) is 304 Å². The number of aromatic nitrogens is 7. The molecule has 127 heavy (non-hydrogen) atoms. The number of ether oxygens (including phenoxy) is 3. The molecule has 0 amide bonds. The second-order valence-electron chi connectivity index (χ2n) is 31.1. The number of thiocarbonyl (C=S) groups is 2. The zero-order valence-corrected chi connectivity index (χ0v) is 74.6. The molecule has 27 heteroatoms. The first kappa shape index (κ1) is 91.4. The number of aryl methyl sites for hydroxylation is 1. The predicted molar refractivity (Wildman–Crippen MR) is 501 cm³/mol. The molecule has 15 aromatic rings. The van der Waals surface area contributed by atoms with E-state index >= 15 is 13.2 Å². The van der Waals surface area contributed by atoms with E-state index in [1.165, 1.54) is 93.7 Å². The van der Waals surface area contributed by atoms with E-state index in [1.54, 1.807) is 85.3 Å². The van der Waals surface area contributed by atoms with Gasteiger partial charge in [0.25, 0.3) is 0 Å². The van der Waals surface area contributed by atoms with Gasteiger partial charge in [-0.05, 0) is 239 Å². The van der Waals surface area contributed by atoms with Gasteiger partial charge in [0.1, 0.15) is 40.4 Å². The van der Waals surface area contributed by atoms with Crippen molar-refractivity contribution < 1.29 is 55.1 Å². The van der Waals surface area contributed by atoms with Crippen LogP contribution in [0.3, 0.4) is 0 Å². The molecule has 1 aliphatic carbocycles. The molecule has 0 bridgehead atoms. The molecule has 0 radical (unpaired) electrons. The van der Waals surface area contributed by atoms with E-state index in [4.69, 9.17) is 43.2 Å². The highest BCUT2D eigenvalue weighted by molar-refractivity contribution is 7.80. The Balaban J connectivity index is 0.000000155. The standard InChI is InChI=1S/C36H33F2N3O3S.C34H31F2N3O2S2.C30H29FN4O2S2/c1-2-15-39-16-11-24-5-9-28(41-22-24)32-21-29-35(45-32)31(12-17-40-29)44-30-10-6-25(18-27(30)38)20-34(43)36(13-14-36)33(42)19-23-3-7-26(37)8-4-23;1-2-13-37-14-11-23-5-9-29(39-21-23)33-20-30-34(43-33)32(12-15-38-30)41-31-10-6-24(18-28(31)36)17-27(42)19-26(40)16-22-3-7-25(35)8-4-22;1-3-10-32-11-8-20-4-6-25(34-18-20)29-17-26-30(39-29)28(9-12-33-26)36-27-7-5-21(15-24(27)31)14-23(38)16-22-13-19(2)37-35-22/h3-10,12,17-18,21-22,39H,2,11,13-16,19-20H2,1H3;3-10,12,15,18,20-21,37H,2,11,13-14,16-17,19H2,1H3;4-7,9,12-13,15,17-18,32H,3,8,10-11,14,16H2,1-2H3. The fourth-order valence-electron chi connectivity index (χ4n) is 14.2. The van der Waals surface area contributed by atoms with Crippen LogP contribution in [0.15, 0.2) is 224 Å². The number of fused-ring (bicyclic) bond motifs is 3. The average molecular weight is 1800 g/mol. The molecule has 0 spiro atoms. The third-order valence-electron chi connectivity index (χ3n) is 21.1. The van der Waals surface area contributed by atoms with Gasteiger partial charge < -0.3 is 34.7 Å². The van der Waals surface area contributed by atoms with Crippen LogP contribution in [-0.2, 0) is 72.2 Å². The fourth-order valence-corrected chi connectivity index (χ4v) is 18.0. The lowest BCUT2D eigenvalue weighted by atomic mass is 9.88. The number of Topliss-reactive ketones (excluding diaryl/α,β-unsaturated/α-hetero) is 3. The number of nitrogens with zero attached hydrogens (tertiary/aromatic N) is 7. The molecule has 10 heterocycles. The molecular formula is C100H93F5N10O7S5. The van der Waals surface area contributed by atoms with E-state index in [0.29, 0.717) is 64.5 Å². The SMILES string of the molecule is CCCNCCc1ccc(-c2cc3nccc(Oc4ccc(CC(=O)C5(C(=O)Cc6ccc(F)cc6)CC5)cc4F)c3s2)nc1.CCCNCCc1ccc(-c2cc3nccc(Oc4ccc(CC(=S)CC(=O)Cc5ccc(F)cc5)cc4F)c3s2)nc1.CCCNCCc1ccc(-c2cc3nccc(Oc4ccc(CC(=S)Cc5cc(C)on5)cc4F)c3s2)nc1. The number of benzene rings is 5. The van der Waals surface area contributed by atoms with Crippen molar-refractivity contribution in [1.82, 2.24) is 51.0 Å². The van der Waals surface area contributed by atoms with Gasteiger partial charge in [0.15, 0.2) is 46.3 Å². The van der Waals surface area contributed by atoms with Gasteiger partial charge in [-0.1, -0.05) is 111 Å². The van der Waals surface area contributed by atoms with Gasteiger partial charge in [0.05, 0.1) is 73.5 Å². The first-order valence-electron chi connectivity index (χ1n) is 42.3. The van der Waals surface area contributed by atoms with Crippen molar-refractivity contribution >= 4 is 116 Å². The van der Waals surface area contributed by atoms with E-state index in [9.17, 15) is 23.2 Å². The molecule has 0 unspecified atom stereocenters. The number of pyridine rings is 6. The lowest BCUT2D eigenvalue weighted by Crippen LogP contribution is -2.28. The van der Waals surface area contributed by atoms with Crippen LogP contribution in [0.5, 0.6) is 34.5 Å². The summed E-state index contributed by atoms with van der Waals surface area (Å²) >= 11 is 15.4. The molecule has 1 fully saturated rings. The van der Waals surface area contributed by atoms with Crippen LogP contribution in [0.1, 0.15) is 115 Å². The molecule has 0 aliphatic heterocycles. The molecule has 1 aliphatic rings. The molecule has 17 nitrogen and oxygen atoms in total. The number of hydrogen-bond donors (Lipinski definition) is 3. The normalized spacial score (nSPS) is 12.0. The van der Waals surface area contributed by atoms with Crippen molar-refractivity contribution in [1.29, 1.82) is 0 Å². The topological polar surface area (TPSA) is 218 Å². The van der Waals surface area contributed by atoms with Crippen LogP contribution in [0.4, 0.5) is 22.0 Å². The fraction of sp³-hybridized carbons (Fsp3) is 0.260. The Morgan fingerprint density at radius 3 is 1.09 bits per heavy atom. The highest BCUT2D eigenvalue weighted by atomic mass is 32.1. The third kappa shape index (κ3) is 25.1. The minimum Gasteiger partial charge on any atom is -0.453 e. The number of ketones is 3. The summed E-state index contributed by atoms with van der Waals surface area (Å²) in [7, 11) is 0. The first-order chi connectivity index (χ1) is 61.7. The molecule has 650 valence electrons. The zero-order valence-electron chi connectivity index (χ0n) is 70.6. The van der Waals surface area contributed by atoms with E-state index in [-0.39, 0.29) is 78.3 Å². The van der Waals surface area contributed by atoms with Gasteiger partial charge in [-0.3, -0.25) is 44.3 Å². The van der Waals surface area contributed by atoms with E-state index in [2.05, 4.69) is 90.0 Å². The van der Waals surface area contributed by atoms with Crippen molar-refractivity contribution in [3.63, 3.8) is 0 Å². The van der Waals surface area contributed by atoms with Crippen molar-refractivity contribution in [2.75, 3.05) is 39.3 Å². The van der Waals surface area contributed by atoms with Gasteiger partial charge in [-0.25, -0.2) is 22.0 Å². The van der Waals surface area contributed by atoms with Crippen LogP contribution in [-0.4, -0.2) is 101 Å². The van der Waals surface area contributed by atoms with E-state index < -0.39 is 22.9 Å². The minimum atomic E-state index is -1.04. The third-order valence-corrected chi connectivity index (χ3v) is 25.1. The number of thiophene rings is 3. The van der Waals surface area contributed by atoms with Gasteiger partial charge in [-0.2, -0.15) is 0 Å². The van der Waals surface area contributed by atoms with Gasteiger partial charge >= 0.3 is 0 Å². The maximum Gasteiger partial charge on any atom is 0.166 e. The second kappa shape index (κ2) is 44.1. The summed E-state index contributed by atoms with van der Waals surface area (Å²) in [5.74, 6) is -0.225. The lowest BCUT2D eigenvalue weighted by molar-refractivity contribution is -0.134. The molecule has 16 rings (SSSR count). The molecular weight excluding hydrogens is 1710 g/mol. The molecule has 0 saturated heterocycles. The van der Waals surface area contributed by atoms with Gasteiger partial charge in [0, 0.05) is 116 Å². The Labute approximate surface area is 756 Å². The van der Waals surface area contributed by atoms with Crippen LogP contribution in [0.25, 0.3) is 62.4 Å². The summed E-state index contributed by atoms with van der Waals surface area (Å²) in [6, 6.07) is 50.9. The van der Waals surface area contributed by atoms with Crippen LogP contribution >= 0.6 is 58.4 Å². The molecule has 10 aromatic heterocycles. The average Bonchev–Trinajstić information content (AvgIpc) is 1.61. The molecule has 5 aromatic carbocycles.